The quantitative estimate of drug-likeness (QED) is 0.522. The molecule has 0 nitrogen and oxygen atoms in total. The average Bonchev–Trinajstić information content (AvgIpc) is 1.82. The summed E-state index contributed by atoms with van der Waals surface area (Å²) in [5.41, 5.74) is 1.30. The smallest absolute Gasteiger partial charge is 0.0285 e. The molecule has 0 saturated heterocycles. The molecule has 0 saturated carbocycles. The largest absolute Gasteiger partial charge is 0.0991 e. The van der Waals surface area contributed by atoms with Crippen LogP contribution < -0.4 is 0 Å². The minimum atomic E-state index is 0.634. The summed E-state index contributed by atoms with van der Waals surface area (Å²) >= 11 is 0. The van der Waals surface area contributed by atoms with Crippen LogP contribution in [0.4, 0.5) is 0 Å². The summed E-state index contributed by atoms with van der Waals surface area (Å²) in [5, 5.41) is 0. The Morgan fingerprint density at radius 1 is 1.40 bits per heavy atom. The van der Waals surface area contributed by atoms with E-state index < -0.39 is 0 Å². The van der Waals surface area contributed by atoms with E-state index in [1.165, 1.54) is 5.57 Å². The first kappa shape index (κ1) is 9.22. The molecule has 0 heteroatoms. The molecule has 0 fully saturated rings. The average molecular weight is 136 g/mol. The van der Waals surface area contributed by atoms with Crippen molar-refractivity contribution in [3.05, 3.63) is 36.5 Å². The van der Waals surface area contributed by atoms with Crippen LogP contribution >= 0.6 is 0 Å². The Morgan fingerprint density at radius 2 is 2.00 bits per heavy atom. The first-order valence-electron chi connectivity index (χ1n) is 3.64. The van der Waals surface area contributed by atoms with Gasteiger partial charge in [0, 0.05) is 0 Å². The van der Waals surface area contributed by atoms with Crippen molar-refractivity contribution >= 4 is 0 Å². The summed E-state index contributed by atoms with van der Waals surface area (Å²) in [5.74, 6) is 0.634. The molecular weight excluding hydrogens is 120 g/mol. The Kier molecular flexibility index (Phi) is 4.65. The van der Waals surface area contributed by atoms with Gasteiger partial charge in [0.25, 0.3) is 0 Å². The Labute approximate surface area is 64.0 Å². The van der Waals surface area contributed by atoms with Gasteiger partial charge in [0.1, 0.15) is 0 Å². The summed E-state index contributed by atoms with van der Waals surface area (Å²) in [4.78, 5) is 0. The minimum Gasteiger partial charge on any atom is -0.0991 e. The van der Waals surface area contributed by atoms with Crippen molar-refractivity contribution in [2.45, 2.75) is 20.8 Å². The van der Waals surface area contributed by atoms with Gasteiger partial charge in [-0.05, 0) is 12.8 Å². The van der Waals surface area contributed by atoms with Gasteiger partial charge in [0.2, 0.25) is 0 Å². The zero-order valence-corrected chi connectivity index (χ0v) is 7.09. The van der Waals surface area contributed by atoms with Crippen molar-refractivity contribution in [2.24, 2.45) is 5.92 Å². The summed E-state index contributed by atoms with van der Waals surface area (Å²) < 4.78 is 0. The Balaban J connectivity index is 3.93. The van der Waals surface area contributed by atoms with E-state index in [4.69, 9.17) is 0 Å². The first-order chi connectivity index (χ1) is 4.66. The molecule has 0 N–H and O–H groups in total. The van der Waals surface area contributed by atoms with Gasteiger partial charge in [-0.3, -0.25) is 0 Å². The molecule has 0 aromatic rings. The van der Waals surface area contributed by atoms with Crippen LogP contribution in [0.25, 0.3) is 0 Å². The monoisotopic (exact) mass is 136 g/mol. The highest BCUT2D eigenvalue weighted by Crippen LogP contribution is 2.02. The summed E-state index contributed by atoms with van der Waals surface area (Å²) in [7, 11) is 0. The maximum atomic E-state index is 3.60. The lowest BCUT2D eigenvalue weighted by Gasteiger charge is -1.95. The molecule has 0 aliphatic heterocycles. The van der Waals surface area contributed by atoms with Crippen LogP contribution in [0.3, 0.4) is 0 Å². The van der Waals surface area contributed by atoms with Gasteiger partial charge in [0.05, 0.1) is 0 Å². The molecule has 0 aliphatic rings. The second-order valence-corrected chi connectivity index (χ2v) is 2.75. The third-order valence-electron chi connectivity index (χ3n) is 1.09. The molecule has 0 spiro atoms. The number of hydrogen-bond donors (Lipinski definition) is 0. The SMILES string of the molecule is C=C/C=C\C(C)=C/C(C)C. The molecule has 0 amide bonds. The minimum absolute atomic E-state index is 0.634. The van der Waals surface area contributed by atoms with Gasteiger partial charge in [-0.2, -0.15) is 0 Å². The molecule has 0 heterocycles. The Bertz CT molecular complexity index is 147. The molecular formula is C10H16. The number of rotatable bonds is 3. The molecule has 0 radical (unpaired) electrons. The predicted octanol–water partition coefficient (Wildman–Crippen LogP) is 3.33. The van der Waals surface area contributed by atoms with Crippen molar-refractivity contribution in [2.75, 3.05) is 0 Å². The van der Waals surface area contributed by atoms with E-state index in [0.717, 1.165) is 0 Å². The number of hydrogen-bond acceptors (Lipinski definition) is 0. The van der Waals surface area contributed by atoms with Crippen LogP contribution in [-0.4, -0.2) is 0 Å². The lowest BCUT2D eigenvalue weighted by atomic mass is 10.1. The van der Waals surface area contributed by atoms with Crippen molar-refractivity contribution < 1.29 is 0 Å². The fourth-order valence-electron chi connectivity index (χ4n) is 0.801. The third-order valence-corrected chi connectivity index (χ3v) is 1.09. The van der Waals surface area contributed by atoms with Gasteiger partial charge in [-0.15, -0.1) is 0 Å². The van der Waals surface area contributed by atoms with Crippen molar-refractivity contribution in [3.63, 3.8) is 0 Å². The van der Waals surface area contributed by atoms with Crippen LogP contribution in [0.15, 0.2) is 36.5 Å². The van der Waals surface area contributed by atoms with Gasteiger partial charge < -0.3 is 0 Å². The molecule has 0 aliphatic carbocycles. The Morgan fingerprint density at radius 3 is 2.40 bits per heavy atom. The summed E-state index contributed by atoms with van der Waals surface area (Å²) in [6.45, 7) is 10.0. The second-order valence-electron chi connectivity index (χ2n) is 2.75. The molecule has 0 bridgehead atoms. The lowest BCUT2D eigenvalue weighted by Crippen LogP contribution is -1.79. The molecule has 10 heavy (non-hydrogen) atoms. The van der Waals surface area contributed by atoms with Crippen LogP contribution in [-0.2, 0) is 0 Å². The van der Waals surface area contributed by atoms with Crippen molar-refractivity contribution in [1.29, 1.82) is 0 Å². The van der Waals surface area contributed by atoms with Crippen LogP contribution in [0.2, 0.25) is 0 Å². The highest BCUT2D eigenvalue weighted by Gasteiger charge is 1.85. The molecule has 56 valence electrons. The van der Waals surface area contributed by atoms with Crippen molar-refractivity contribution in [1.82, 2.24) is 0 Å². The van der Waals surface area contributed by atoms with E-state index in [2.05, 4.69) is 39.5 Å². The molecule has 0 unspecified atom stereocenters. The van der Waals surface area contributed by atoms with E-state index in [9.17, 15) is 0 Å². The van der Waals surface area contributed by atoms with Crippen LogP contribution in [0.5, 0.6) is 0 Å². The van der Waals surface area contributed by atoms with Gasteiger partial charge >= 0.3 is 0 Å². The van der Waals surface area contributed by atoms with E-state index in [-0.39, 0.29) is 0 Å². The predicted molar refractivity (Wildman–Crippen MR) is 47.9 cm³/mol. The normalized spacial score (nSPS) is 13.0. The highest BCUT2D eigenvalue weighted by atomic mass is 13.9. The fraction of sp³-hybridized carbons (Fsp3) is 0.400. The second kappa shape index (κ2) is 5.04. The van der Waals surface area contributed by atoms with E-state index in [1.807, 2.05) is 6.08 Å². The lowest BCUT2D eigenvalue weighted by molar-refractivity contribution is 0.825. The number of allylic oxidation sites excluding steroid dienone is 5. The summed E-state index contributed by atoms with van der Waals surface area (Å²) in [6.07, 6.45) is 8.03. The van der Waals surface area contributed by atoms with Crippen LogP contribution in [0, 0.1) is 5.92 Å². The highest BCUT2D eigenvalue weighted by molar-refractivity contribution is 5.19. The maximum Gasteiger partial charge on any atom is -0.0285 e. The fourth-order valence-corrected chi connectivity index (χ4v) is 0.801. The molecule has 0 atom stereocenters. The van der Waals surface area contributed by atoms with Gasteiger partial charge in [-0.25, -0.2) is 0 Å². The summed E-state index contributed by atoms with van der Waals surface area (Å²) in [6, 6.07) is 0. The first-order valence-corrected chi connectivity index (χ1v) is 3.64. The van der Waals surface area contributed by atoms with E-state index in [0.29, 0.717) is 5.92 Å². The third kappa shape index (κ3) is 5.36. The zero-order chi connectivity index (χ0) is 7.98. The topological polar surface area (TPSA) is 0 Å². The van der Waals surface area contributed by atoms with Crippen molar-refractivity contribution in [3.8, 4) is 0 Å². The van der Waals surface area contributed by atoms with Gasteiger partial charge in [-0.1, -0.05) is 50.3 Å². The molecule has 0 rings (SSSR count). The van der Waals surface area contributed by atoms with E-state index >= 15 is 0 Å². The maximum absolute atomic E-state index is 3.60. The standard InChI is InChI=1S/C10H16/c1-5-6-7-10(4)8-9(2)3/h5-9H,1H2,2-4H3/b7-6-,10-8-. The van der Waals surface area contributed by atoms with E-state index in [1.54, 1.807) is 6.08 Å². The van der Waals surface area contributed by atoms with Crippen LogP contribution in [0.1, 0.15) is 20.8 Å². The van der Waals surface area contributed by atoms with Gasteiger partial charge in [0.15, 0.2) is 0 Å². The molecule has 0 aromatic heterocycles. The molecule has 0 aromatic carbocycles. The Hall–Kier alpha value is -0.780. The zero-order valence-electron chi connectivity index (χ0n) is 7.09.